The molecule has 17 heavy (non-hydrogen) atoms. The van der Waals surface area contributed by atoms with Crippen LogP contribution in [0.15, 0.2) is 0 Å². The summed E-state index contributed by atoms with van der Waals surface area (Å²) in [5.41, 5.74) is 5.61. The van der Waals surface area contributed by atoms with Crippen molar-refractivity contribution in [1.82, 2.24) is 4.90 Å². The smallest absolute Gasteiger partial charge is 0.222 e. The predicted octanol–water partition coefficient (Wildman–Crippen LogP) is 2.54. The Morgan fingerprint density at radius 3 is 2.47 bits per heavy atom. The molecule has 1 heterocycles. The van der Waals surface area contributed by atoms with E-state index in [9.17, 15) is 4.79 Å². The molecule has 1 aliphatic rings. The summed E-state index contributed by atoms with van der Waals surface area (Å²) in [4.78, 5) is 14.1. The van der Waals surface area contributed by atoms with Crippen LogP contribution in [0.5, 0.6) is 0 Å². The lowest BCUT2D eigenvalue weighted by Gasteiger charge is -2.27. The fourth-order valence-electron chi connectivity index (χ4n) is 2.71. The molecule has 0 saturated carbocycles. The van der Waals surface area contributed by atoms with Crippen molar-refractivity contribution >= 4 is 5.91 Å². The van der Waals surface area contributed by atoms with E-state index in [1.54, 1.807) is 0 Å². The normalized spacial score (nSPS) is 18.1. The van der Waals surface area contributed by atoms with Gasteiger partial charge in [-0.2, -0.15) is 0 Å². The third-order valence-electron chi connectivity index (χ3n) is 3.75. The standard InChI is InChI=1S/C14H28N2O/c1-2-6-13(9-10-15)7-8-14(17)16-11-4-3-5-12-16/h13H,2-12,15H2,1H3. The molecule has 1 aliphatic heterocycles. The van der Waals surface area contributed by atoms with Crippen LogP contribution in [0.1, 0.15) is 58.3 Å². The summed E-state index contributed by atoms with van der Waals surface area (Å²) in [6.07, 6.45) is 8.90. The maximum atomic E-state index is 12.0. The van der Waals surface area contributed by atoms with Gasteiger partial charge >= 0.3 is 0 Å². The van der Waals surface area contributed by atoms with E-state index in [0.29, 0.717) is 11.8 Å². The number of hydrogen-bond donors (Lipinski definition) is 1. The Balaban J connectivity index is 2.24. The van der Waals surface area contributed by atoms with Gasteiger partial charge in [0.15, 0.2) is 0 Å². The highest BCUT2D eigenvalue weighted by Gasteiger charge is 2.17. The summed E-state index contributed by atoms with van der Waals surface area (Å²) in [5.74, 6) is 1.02. The highest BCUT2D eigenvalue weighted by atomic mass is 16.2. The molecule has 0 aromatic carbocycles. The van der Waals surface area contributed by atoms with Crippen molar-refractivity contribution in [1.29, 1.82) is 0 Å². The predicted molar refractivity (Wildman–Crippen MR) is 71.7 cm³/mol. The molecule has 0 aromatic rings. The Kier molecular flexibility index (Phi) is 7.25. The van der Waals surface area contributed by atoms with Crippen molar-refractivity contribution < 1.29 is 4.79 Å². The van der Waals surface area contributed by atoms with E-state index in [1.165, 1.54) is 32.1 Å². The van der Waals surface area contributed by atoms with E-state index < -0.39 is 0 Å². The first-order chi connectivity index (χ1) is 8.27. The highest BCUT2D eigenvalue weighted by Crippen LogP contribution is 2.18. The molecule has 0 radical (unpaired) electrons. The van der Waals surface area contributed by atoms with Crippen LogP contribution < -0.4 is 5.73 Å². The molecule has 1 atom stereocenters. The zero-order valence-electron chi connectivity index (χ0n) is 11.3. The van der Waals surface area contributed by atoms with E-state index in [1.807, 2.05) is 0 Å². The fourth-order valence-corrected chi connectivity index (χ4v) is 2.71. The van der Waals surface area contributed by atoms with Crippen LogP contribution in [0.25, 0.3) is 0 Å². The third kappa shape index (κ3) is 5.53. The largest absolute Gasteiger partial charge is 0.343 e. The number of piperidine rings is 1. The van der Waals surface area contributed by atoms with Crippen LogP contribution in [-0.4, -0.2) is 30.4 Å². The van der Waals surface area contributed by atoms with Crippen molar-refractivity contribution in [2.45, 2.75) is 58.3 Å². The second-order valence-corrected chi connectivity index (χ2v) is 5.21. The lowest BCUT2D eigenvalue weighted by molar-refractivity contribution is -0.132. The second kappa shape index (κ2) is 8.51. The first-order valence-corrected chi connectivity index (χ1v) is 7.25. The van der Waals surface area contributed by atoms with E-state index in [-0.39, 0.29) is 0 Å². The summed E-state index contributed by atoms with van der Waals surface area (Å²) >= 11 is 0. The van der Waals surface area contributed by atoms with Gasteiger partial charge in [-0.1, -0.05) is 19.8 Å². The molecule has 1 unspecified atom stereocenters. The maximum Gasteiger partial charge on any atom is 0.222 e. The van der Waals surface area contributed by atoms with Gasteiger partial charge in [-0.15, -0.1) is 0 Å². The van der Waals surface area contributed by atoms with E-state index in [2.05, 4.69) is 11.8 Å². The van der Waals surface area contributed by atoms with Gasteiger partial charge in [0.2, 0.25) is 5.91 Å². The van der Waals surface area contributed by atoms with Crippen molar-refractivity contribution in [3.05, 3.63) is 0 Å². The quantitative estimate of drug-likeness (QED) is 0.743. The van der Waals surface area contributed by atoms with Crippen LogP contribution in [0.4, 0.5) is 0 Å². The number of nitrogens with two attached hydrogens (primary N) is 1. The van der Waals surface area contributed by atoms with Crippen LogP contribution in [0.2, 0.25) is 0 Å². The summed E-state index contributed by atoms with van der Waals surface area (Å²) in [5, 5.41) is 0. The summed E-state index contributed by atoms with van der Waals surface area (Å²) in [6, 6.07) is 0. The van der Waals surface area contributed by atoms with Gasteiger partial charge < -0.3 is 10.6 Å². The highest BCUT2D eigenvalue weighted by molar-refractivity contribution is 5.76. The number of amides is 1. The zero-order chi connectivity index (χ0) is 12.5. The zero-order valence-corrected chi connectivity index (χ0v) is 11.3. The van der Waals surface area contributed by atoms with Crippen LogP contribution >= 0.6 is 0 Å². The molecule has 0 bridgehead atoms. The molecule has 0 spiro atoms. The summed E-state index contributed by atoms with van der Waals surface area (Å²) in [6.45, 7) is 4.92. The minimum atomic E-state index is 0.364. The van der Waals surface area contributed by atoms with Gasteiger partial charge in [0.05, 0.1) is 0 Å². The number of carbonyl (C=O) groups excluding carboxylic acids is 1. The topological polar surface area (TPSA) is 46.3 Å². The number of rotatable bonds is 7. The van der Waals surface area contributed by atoms with Crippen LogP contribution in [0, 0.1) is 5.92 Å². The van der Waals surface area contributed by atoms with Gasteiger partial charge in [0.1, 0.15) is 0 Å². The Morgan fingerprint density at radius 1 is 1.18 bits per heavy atom. The average Bonchev–Trinajstić information content (AvgIpc) is 2.37. The Bertz CT molecular complexity index is 206. The Labute approximate surface area is 106 Å². The van der Waals surface area contributed by atoms with E-state index >= 15 is 0 Å². The molecular formula is C14H28N2O. The monoisotopic (exact) mass is 240 g/mol. The van der Waals surface area contributed by atoms with Gasteiger partial charge in [-0.3, -0.25) is 4.79 Å². The van der Waals surface area contributed by atoms with Gasteiger partial charge in [0, 0.05) is 19.5 Å². The molecule has 0 aromatic heterocycles. The SMILES string of the molecule is CCCC(CCN)CCC(=O)N1CCCCC1. The number of carbonyl (C=O) groups is 1. The molecule has 3 nitrogen and oxygen atoms in total. The molecule has 0 aliphatic carbocycles. The van der Waals surface area contributed by atoms with Crippen molar-refractivity contribution in [2.24, 2.45) is 11.7 Å². The van der Waals surface area contributed by atoms with Crippen LogP contribution in [0.3, 0.4) is 0 Å². The Morgan fingerprint density at radius 2 is 1.88 bits per heavy atom. The molecule has 1 saturated heterocycles. The van der Waals surface area contributed by atoms with Crippen molar-refractivity contribution in [3.63, 3.8) is 0 Å². The van der Waals surface area contributed by atoms with Crippen molar-refractivity contribution in [3.8, 4) is 0 Å². The molecule has 1 amide bonds. The lowest BCUT2D eigenvalue weighted by Crippen LogP contribution is -2.35. The summed E-state index contributed by atoms with van der Waals surface area (Å²) in [7, 11) is 0. The summed E-state index contributed by atoms with van der Waals surface area (Å²) < 4.78 is 0. The minimum absolute atomic E-state index is 0.364. The first-order valence-electron chi connectivity index (χ1n) is 7.25. The molecule has 100 valence electrons. The third-order valence-corrected chi connectivity index (χ3v) is 3.75. The van der Waals surface area contributed by atoms with Crippen molar-refractivity contribution in [2.75, 3.05) is 19.6 Å². The first kappa shape index (κ1) is 14.5. The fraction of sp³-hybridized carbons (Fsp3) is 0.929. The molecule has 2 N–H and O–H groups in total. The molecule has 1 rings (SSSR count). The average molecular weight is 240 g/mol. The minimum Gasteiger partial charge on any atom is -0.343 e. The van der Waals surface area contributed by atoms with Gasteiger partial charge in [-0.25, -0.2) is 0 Å². The van der Waals surface area contributed by atoms with Crippen LogP contribution in [-0.2, 0) is 4.79 Å². The number of nitrogens with zero attached hydrogens (tertiary/aromatic N) is 1. The van der Waals surface area contributed by atoms with E-state index in [4.69, 9.17) is 5.73 Å². The number of likely N-dealkylation sites (tertiary alicyclic amines) is 1. The molecule has 1 fully saturated rings. The number of hydrogen-bond acceptors (Lipinski definition) is 2. The second-order valence-electron chi connectivity index (χ2n) is 5.21. The maximum absolute atomic E-state index is 12.0. The van der Waals surface area contributed by atoms with E-state index in [0.717, 1.165) is 38.9 Å². The lowest BCUT2D eigenvalue weighted by atomic mass is 9.94. The Hall–Kier alpha value is -0.570. The van der Waals surface area contributed by atoms with Gasteiger partial charge in [-0.05, 0) is 44.6 Å². The molecule has 3 heteroatoms. The molecular weight excluding hydrogens is 212 g/mol. The van der Waals surface area contributed by atoms with Gasteiger partial charge in [0.25, 0.3) is 0 Å².